The predicted molar refractivity (Wildman–Crippen MR) is 104 cm³/mol. The van der Waals surface area contributed by atoms with Gasteiger partial charge in [0.25, 0.3) is 0 Å². The Hall–Kier alpha value is -0.610. The molecule has 0 aliphatic carbocycles. The monoisotopic (exact) mass is 358 g/mol. The van der Waals surface area contributed by atoms with Crippen LogP contribution < -0.4 is 0 Å². The Bertz CT molecular complexity index is 302. The molecule has 0 saturated carbocycles. The summed E-state index contributed by atoms with van der Waals surface area (Å²) in [4.78, 5) is 11.6. The first-order valence-corrected chi connectivity index (χ1v) is 10.5. The van der Waals surface area contributed by atoms with Gasteiger partial charge in [-0.3, -0.25) is 4.79 Å². The molecule has 4 nitrogen and oxygen atoms in total. The predicted octanol–water partition coefficient (Wildman–Crippen LogP) is 5.14. The molecule has 0 heterocycles. The number of rotatable bonds is 18. The lowest BCUT2D eigenvalue weighted by atomic mass is 10.0. The Morgan fingerprint density at radius 2 is 1.28 bits per heavy atom. The summed E-state index contributed by atoms with van der Waals surface area (Å²) in [6.45, 7) is 3.65. The standard InChI is InChI=1S/C21H42O4/c1-3-4-5-6-7-8-9-10-11-12-13-14-15-16-20(23)25-18-17-21(2,24)19-22/h22,24H,3-19H2,1-2H3. The van der Waals surface area contributed by atoms with E-state index in [-0.39, 0.29) is 25.6 Å². The summed E-state index contributed by atoms with van der Waals surface area (Å²) in [5.74, 6) is -0.197. The van der Waals surface area contributed by atoms with Crippen molar-refractivity contribution in [3.63, 3.8) is 0 Å². The first-order chi connectivity index (χ1) is 12.0. The summed E-state index contributed by atoms with van der Waals surface area (Å²) < 4.78 is 5.08. The highest BCUT2D eigenvalue weighted by molar-refractivity contribution is 5.69. The zero-order chi connectivity index (χ0) is 18.8. The lowest BCUT2D eigenvalue weighted by molar-refractivity contribution is -0.145. The van der Waals surface area contributed by atoms with Crippen LogP contribution >= 0.6 is 0 Å². The highest BCUT2D eigenvalue weighted by Gasteiger charge is 2.19. The SMILES string of the molecule is CCCCCCCCCCCCCCCC(=O)OCCC(C)(O)CO. The largest absolute Gasteiger partial charge is 0.466 e. The average Bonchev–Trinajstić information content (AvgIpc) is 2.59. The molecule has 2 N–H and O–H groups in total. The van der Waals surface area contributed by atoms with E-state index in [1.54, 1.807) is 0 Å². The van der Waals surface area contributed by atoms with E-state index in [0.29, 0.717) is 6.42 Å². The third-order valence-corrected chi connectivity index (χ3v) is 4.73. The van der Waals surface area contributed by atoms with Crippen LogP contribution in [0.25, 0.3) is 0 Å². The van der Waals surface area contributed by atoms with Crippen molar-refractivity contribution >= 4 is 5.97 Å². The molecular formula is C21H42O4. The van der Waals surface area contributed by atoms with Crippen molar-refractivity contribution in [2.24, 2.45) is 0 Å². The molecule has 0 aromatic carbocycles. The Morgan fingerprint density at radius 3 is 1.72 bits per heavy atom. The van der Waals surface area contributed by atoms with Crippen LogP contribution in [0.4, 0.5) is 0 Å². The molecule has 0 aromatic heterocycles. The molecule has 0 rings (SSSR count). The van der Waals surface area contributed by atoms with Crippen LogP contribution in [0.5, 0.6) is 0 Å². The van der Waals surface area contributed by atoms with Gasteiger partial charge in [0.15, 0.2) is 0 Å². The second-order valence-electron chi connectivity index (χ2n) is 7.62. The summed E-state index contributed by atoms with van der Waals surface area (Å²) in [5.41, 5.74) is -1.16. The van der Waals surface area contributed by atoms with E-state index in [9.17, 15) is 9.90 Å². The number of aliphatic hydroxyl groups is 2. The number of hydrogen-bond donors (Lipinski definition) is 2. The molecule has 0 saturated heterocycles. The number of unbranched alkanes of at least 4 members (excludes halogenated alkanes) is 12. The number of ether oxygens (including phenoxy) is 1. The molecule has 4 heteroatoms. The van der Waals surface area contributed by atoms with Crippen molar-refractivity contribution in [2.75, 3.05) is 13.2 Å². The zero-order valence-electron chi connectivity index (χ0n) is 16.7. The number of esters is 1. The maximum Gasteiger partial charge on any atom is 0.305 e. The quantitative estimate of drug-likeness (QED) is 0.263. The summed E-state index contributed by atoms with van der Waals surface area (Å²) in [6, 6.07) is 0. The smallest absolute Gasteiger partial charge is 0.305 e. The minimum atomic E-state index is -1.16. The van der Waals surface area contributed by atoms with Crippen molar-refractivity contribution in [3.8, 4) is 0 Å². The second-order valence-corrected chi connectivity index (χ2v) is 7.62. The average molecular weight is 359 g/mol. The van der Waals surface area contributed by atoms with E-state index >= 15 is 0 Å². The minimum absolute atomic E-state index is 0.171. The van der Waals surface area contributed by atoms with Crippen LogP contribution in [-0.2, 0) is 9.53 Å². The van der Waals surface area contributed by atoms with Crippen molar-refractivity contribution < 1.29 is 19.7 Å². The molecule has 150 valence electrons. The third kappa shape index (κ3) is 18.0. The van der Waals surface area contributed by atoms with Gasteiger partial charge in [-0.2, -0.15) is 0 Å². The van der Waals surface area contributed by atoms with Crippen LogP contribution in [0.3, 0.4) is 0 Å². The van der Waals surface area contributed by atoms with Crippen molar-refractivity contribution in [3.05, 3.63) is 0 Å². The van der Waals surface area contributed by atoms with Gasteiger partial charge in [-0.05, 0) is 13.3 Å². The van der Waals surface area contributed by atoms with Gasteiger partial charge < -0.3 is 14.9 Å². The molecular weight excluding hydrogens is 316 g/mol. The first kappa shape index (κ1) is 24.4. The lowest BCUT2D eigenvalue weighted by Gasteiger charge is -2.19. The lowest BCUT2D eigenvalue weighted by Crippen LogP contribution is -2.30. The van der Waals surface area contributed by atoms with Crippen molar-refractivity contribution in [2.45, 2.75) is 116 Å². The molecule has 1 atom stereocenters. The van der Waals surface area contributed by atoms with E-state index < -0.39 is 5.60 Å². The highest BCUT2D eigenvalue weighted by Crippen LogP contribution is 2.13. The molecule has 0 amide bonds. The molecule has 0 aromatic rings. The fourth-order valence-corrected chi connectivity index (χ4v) is 2.82. The molecule has 25 heavy (non-hydrogen) atoms. The molecule has 0 spiro atoms. The Morgan fingerprint density at radius 1 is 0.840 bits per heavy atom. The van der Waals surface area contributed by atoms with Gasteiger partial charge >= 0.3 is 5.97 Å². The Kier molecular flexibility index (Phi) is 16.4. The summed E-state index contributed by atoms with van der Waals surface area (Å²) >= 11 is 0. The minimum Gasteiger partial charge on any atom is -0.466 e. The van der Waals surface area contributed by atoms with Crippen molar-refractivity contribution in [1.82, 2.24) is 0 Å². The second kappa shape index (κ2) is 16.8. The van der Waals surface area contributed by atoms with Gasteiger partial charge in [-0.25, -0.2) is 0 Å². The van der Waals surface area contributed by atoms with Gasteiger partial charge in [0.1, 0.15) is 0 Å². The maximum absolute atomic E-state index is 11.6. The Balaban J connectivity index is 3.23. The molecule has 0 fully saturated rings. The van der Waals surface area contributed by atoms with Crippen LogP contribution in [0.1, 0.15) is 110 Å². The first-order valence-electron chi connectivity index (χ1n) is 10.5. The van der Waals surface area contributed by atoms with E-state index in [1.165, 1.54) is 77.6 Å². The van der Waals surface area contributed by atoms with Gasteiger partial charge in [-0.1, -0.05) is 84.0 Å². The number of hydrogen-bond acceptors (Lipinski definition) is 4. The third-order valence-electron chi connectivity index (χ3n) is 4.73. The van der Waals surface area contributed by atoms with Crippen LogP contribution in [-0.4, -0.2) is 35.0 Å². The van der Waals surface area contributed by atoms with E-state index in [1.807, 2.05) is 0 Å². The maximum atomic E-state index is 11.6. The van der Waals surface area contributed by atoms with E-state index in [4.69, 9.17) is 9.84 Å². The van der Waals surface area contributed by atoms with Crippen molar-refractivity contribution in [1.29, 1.82) is 0 Å². The normalized spacial score (nSPS) is 13.6. The fourth-order valence-electron chi connectivity index (χ4n) is 2.82. The molecule has 1 unspecified atom stereocenters. The van der Waals surface area contributed by atoms with E-state index in [0.717, 1.165) is 12.8 Å². The molecule has 0 radical (unpaired) electrons. The number of aliphatic hydroxyl groups excluding tert-OH is 1. The fraction of sp³-hybridized carbons (Fsp3) is 0.952. The topological polar surface area (TPSA) is 66.8 Å². The van der Waals surface area contributed by atoms with Gasteiger partial charge in [0, 0.05) is 12.8 Å². The number of carbonyl (C=O) groups excluding carboxylic acids is 1. The molecule has 0 aliphatic heterocycles. The Labute approximate surface area is 155 Å². The summed E-state index contributed by atoms with van der Waals surface area (Å²) in [5, 5.41) is 18.5. The molecule has 0 bridgehead atoms. The van der Waals surface area contributed by atoms with Crippen LogP contribution in [0.2, 0.25) is 0 Å². The highest BCUT2D eigenvalue weighted by atomic mass is 16.5. The van der Waals surface area contributed by atoms with Gasteiger partial charge in [-0.15, -0.1) is 0 Å². The summed E-state index contributed by atoms with van der Waals surface area (Å²) in [7, 11) is 0. The van der Waals surface area contributed by atoms with Crippen LogP contribution in [0, 0.1) is 0 Å². The van der Waals surface area contributed by atoms with Gasteiger partial charge in [0.05, 0.1) is 18.8 Å². The van der Waals surface area contributed by atoms with Gasteiger partial charge in [0.2, 0.25) is 0 Å². The number of carbonyl (C=O) groups is 1. The van der Waals surface area contributed by atoms with Crippen LogP contribution in [0.15, 0.2) is 0 Å². The van der Waals surface area contributed by atoms with E-state index in [2.05, 4.69) is 6.92 Å². The molecule has 0 aliphatic rings. The zero-order valence-corrected chi connectivity index (χ0v) is 16.7. The summed E-state index contributed by atoms with van der Waals surface area (Å²) in [6.07, 6.45) is 17.5.